The highest BCUT2D eigenvalue weighted by Crippen LogP contribution is 2.25. The lowest BCUT2D eigenvalue weighted by Crippen LogP contribution is -2.14. The summed E-state index contributed by atoms with van der Waals surface area (Å²) >= 11 is 7.23. The van der Waals surface area contributed by atoms with Crippen LogP contribution in [0.4, 0.5) is 15.8 Å². The molecule has 3 nitrogen and oxygen atoms in total. The molecule has 2 rings (SSSR count). The molecule has 0 saturated carbocycles. The SMILES string of the molecule is Cc1c(Cl)cccc1NC(=O)CSc1ccc(N)c(F)c1. The molecule has 21 heavy (non-hydrogen) atoms. The minimum atomic E-state index is -0.480. The van der Waals surface area contributed by atoms with E-state index >= 15 is 0 Å². The number of nitrogen functional groups attached to an aromatic ring is 1. The smallest absolute Gasteiger partial charge is 0.234 e. The number of halogens is 2. The minimum Gasteiger partial charge on any atom is -0.396 e. The standard InChI is InChI=1S/C15H14ClFN2OS/c1-9-11(16)3-2-4-14(9)19-15(20)8-21-10-5-6-13(18)12(17)7-10/h2-7H,8,18H2,1H3,(H,19,20). The molecule has 0 unspecified atom stereocenters. The second-order valence-electron chi connectivity index (χ2n) is 4.43. The van der Waals surface area contributed by atoms with Gasteiger partial charge in [0.15, 0.2) is 0 Å². The molecule has 2 aromatic carbocycles. The molecule has 6 heteroatoms. The van der Waals surface area contributed by atoms with Crippen LogP contribution in [-0.2, 0) is 4.79 Å². The molecule has 0 atom stereocenters. The van der Waals surface area contributed by atoms with Crippen LogP contribution in [0.25, 0.3) is 0 Å². The average molecular weight is 325 g/mol. The predicted octanol–water partition coefficient (Wildman–Crippen LogP) is 4.10. The second kappa shape index (κ2) is 6.83. The minimum absolute atomic E-state index is 0.0957. The van der Waals surface area contributed by atoms with E-state index < -0.39 is 5.82 Å². The van der Waals surface area contributed by atoms with Gasteiger partial charge in [0.2, 0.25) is 5.91 Å². The van der Waals surface area contributed by atoms with Gasteiger partial charge in [-0.2, -0.15) is 0 Å². The highest BCUT2D eigenvalue weighted by Gasteiger charge is 2.08. The highest BCUT2D eigenvalue weighted by atomic mass is 35.5. The molecule has 2 aromatic rings. The van der Waals surface area contributed by atoms with Crippen LogP contribution >= 0.6 is 23.4 Å². The van der Waals surface area contributed by atoms with E-state index in [0.29, 0.717) is 15.6 Å². The lowest BCUT2D eigenvalue weighted by Gasteiger charge is -2.09. The van der Waals surface area contributed by atoms with E-state index in [4.69, 9.17) is 17.3 Å². The van der Waals surface area contributed by atoms with Crippen LogP contribution in [0.2, 0.25) is 5.02 Å². The third-order valence-corrected chi connectivity index (χ3v) is 4.29. The topological polar surface area (TPSA) is 55.1 Å². The van der Waals surface area contributed by atoms with Gasteiger partial charge in [0.25, 0.3) is 0 Å². The molecule has 0 fully saturated rings. The highest BCUT2D eigenvalue weighted by molar-refractivity contribution is 8.00. The van der Waals surface area contributed by atoms with Crippen LogP contribution < -0.4 is 11.1 Å². The lowest BCUT2D eigenvalue weighted by molar-refractivity contribution is -0.113. The average Bonchev–Trinajstić information content (AvgIpc) is 2.45. The van der Waals surface area contributed by atoms with Crippen molar-refractivity contribution in [2.24, 2.45) is 0 Å². The second-order valence-corrected chi connectivity index (χ2v) is 5.89. The summed E-state index contributed by atoms with van der Waals surface area (Å²) in [6.07, 6.45) is 0. The van der Waals surface area contributed by atoms with Crippen molar-refractivity contribution in [1.29, 1.82) is 0 Å². The summed E-state index contributed by atoms with van der Waals surface area (Å²) in [5, 5.41) is 3.38. The fourth-order valence-electron chi connectivity index (χ4n) is 1.68. The molecule has 0 saturated heterocycles. The van der Waals surface area contributed by atoms with Crippen molar-refractivity contribution in [1.82, 2.24) is 0 Å². The van der Waals surface area contributed by atoms with Gasteiger partial charge in [-0.1, -0.05) is 17.7 Å². The van der Waals surface area contributed by atoms with Crippen LogP contribution in [0.5, 0.6) is 0 Å². The van der Waals surface area contributed by atoms with Gasteiger partial charge in [-0.15, -0.1) is 11.8 Å². The van der Waals surface area contributed by atoms with E-state index in [1.54, 1.807) is 24.3 Å². The quantitative estimate of drug-likeness (QED) is 0.657. The Morgan fingerprint density at radius 1 is 1.38 bits per heavy atom. The first-order valence-electron chi connectivity index (χ1n) is 6.20. The van der Waals surface area contributed by atoms with E-state index in [0.717, 1.165) is 5.56 Å². The number of nitrogens with two attached hydrogens (primary N) is 1. The van der Waals surface area contributed by atoms with Gasteiger partial charge in [-0.3, -0.25) is 4.79 Å². The maximum atomic E-state index is 13.3. The van der Waals surface area contributed by atoms with Crippen molar-refractivity contribution in [3.8, 4) is 0 Å². The molecular formula is C15H14ClFN2OS. The maximum Gasteiger partial charge on any atom is 0.234 e. The van der Waals surface area contributed by atoms with Crippen molar-refractivity contribution >= 4 is 40.6 Å². The van der Waals surface area contributed by atoms with Crippen LogP contribution in [0, 0.1) is 12.7 Å². The largest absolute Gasteiger partial charge is 0.396 e. The number of carbonyl (C=O) groups is 1. The van der Waals surface area contributed by atoms with Crippen LogP contribution in [0.3, 0.4) is 0 Å². The number of carbonyl (C=O) groups excluding carboxylic acids is 1. The zero-order valence-electron chi connectivity index (χ0n) is 11.3. The molecule has 0 heterocycles. The summed E-state index contributed by atoms with van der Waals surface area (Å²) in [6.45, 7) is 1.83. The van der Waals surface area contributed by atoms with Gasteiger partial charge in [-0.25, -0.2) is 4.39 Å². The van der Waals surface area contributed by atoms with Gasteiger partial charge < -0.3 is 11.1 Å². The van der Waals surface area contributed by atoms with Gasteiger partial charge in [0.05, 0.1) is 11.4 Å². The molecule has 3 N–H and O–H groups in total. The Balaban J connectivity index is 1.96. The fourth-order valence-corrected chi connectivity index (χ4v) is 2.57. The van der Waals surface area contributed by atoms with Crippen molar-refractivity contribution in [2.75, 3.05) is 16.8 Å². The van der Waals surface area contributed by atoms with Gasteiger partial charge in [-0.05, 0) is 42.8 Å². The first-order chi connectivity index (χ1) is 9.97. The molecule has 0 spiro atoms. The molecule has 0 aromatic heterocycles. The van der Waals surface area contributed by atoms with Gasteiger partial charge in [0.1, 0.15) is 5.82 Å². The van der Waals surface area contributed by atoms with Crippen molar-refractivity contribution < 1.29 is 9.18 Å². The zero-order valence-corrected chi connectivity index (χ0v) is 12.9. The van der Waals surface area contributed by atoms with Crippen molar-refractivity contribution in [3.63, 3.8) is 0 Å². The predicted molar refractivity (Wildman–Crippen MR) is 86.4 cm³/mol. The number of hydrogen-bond donors (Lipinski definition) is 2. The Labute approximate surface area is 131 Å². The summed E-state index contributed by atoms with van der Waals surface area (Å²) in [4.78, 5) is 12.6. The summed E-state index contributed by atoms with van der Waals surface area (Å²) < 4.78 is 13.3. The third kappa shape index (κ3) is 4.12. The van der Waals surface area contributed by atoms with E-state index in [1.165, 1.54) is 23.9 Å². The molecule has 0 bridgehead atoms. The molecule has 0 aliphatic heterocycles. The number of benzene rings is 2. The summed E-state index contributed by atoms with van der Waals surface area (Å²) in [7, 11) is 0. The first-order valence-corrected chi connectivity index (χ1v) is 7.56. The Bertz CT molecular complexity index is 679. The number of anilines is 2. The van der Waals surface area contributed by atoms with Gasteiger partial charge in [0, 0.05) is 15.6 Å². The summed E-state index contributed by atoms with van der Waals surface area (Å²) in [6, 6.07) is 9.80. The first kappa shape index (κ1) is 15.7. The van der Waals surface area contributed by atoms with E-state index in [-0.39, 0.29) is 17.3 Å². The van der Waals surface area contributed by atoms with E-state index in [1.807, 2.05) is 6.92 Å². The van der Waals surface area contributed by atoms with Crippen molar-refractivity contribution in [3.05, 3.63) is 52.8 Å². The Kier molecular flexibility index (Phi) is 5.09. The summed E-state index contributed by atoms with van der Waals surface area (Å²) in [5.41, 5.74) is 6.99. The number of amides is 1. The Hall–Kier alpha value is -1.72. The fraction of sp³-hybridized carbons (Fsp3) is 0.133. The Morgan fingerprint density at radius 2 is 2.14 bits per heavy atom. The molecule has 0 radical (unpaired) electrons. The Morgan fingerprint density at radius 3 is 2.86 bits per heavy atom. The molecule has 0 aliphatic carbocycles. The molecular weight excluding hydrogens is 311 g/mol. The zero-order chi connectivity index (χ0) is 15.4. The summed E-state index contributed by atoms with van der Waals surface area (Å²) in [5.74, 6) is -0.483. The normalized spacial score (nSPS) is 10.4. The lowest BCUT2D eigenvalue weighted by atomic mass is 10.2. The number of rotatable bonds is 4. The monoisotopic (exact) mass is 324 g/mol. The molecule has 0 aliphatic rings. The van der Waals surface area contributed by atoms with Crippen LogP contribution in [0.1, 0.15) is 5.56 Å². The van der Waals surface area contributed by atoms with Crippen LogP contribution in [-0.4, -0.2) is 11.7 Å². The maximum absolute atomic E-state index is 13.3. The number of hydrogen-bond acceptors (Lipinski definition) is 3. The van der Waals surface area contributed by atoms with E-state index in [9.17, 15) is 9.18 Å². The van der Waals surface area contributed by atoms with Crippen molar-refractivity contribution in [2.45, 2.75) is 11.8 Å². The number of thioether (sulfide) groups is 1. The number of nitrogens with one attached hydrogen (secondary N) is 1. The third-order valence-electron chi connectivity index (χ3n) is 2.88. The molecule has 110 valence electrons. The van der Waals surface area contributed by atoms with E-state index in [2.05, 4.69) is 5.32 Å². The van der Waals surface area contributed by atoms with Gasteiger partial charge >= 0.3 is 0 Å². The van der Waals surface area contributed by atoms with Crippen LogP contribution in [0.15, 0.2) is 41.3 Å². The molecule has 1 amide bonds.